The Kier molecular flexibility index (Phi) is 4.30. The molecule has 1 saturated heterocycles. The van der Waals surface area contributed by atoms with Crippen LogP contribution in [0.1, 0.15) is 26.0 Å². The fourth-order valence-electron chi connectivity index (χ4n) is 2.68. The second-order valence-corrected chi connectivity index (χ2v) is 8.12. The maximum absolute atomic E-state index is 12.5. The summed E-state index contributed by atoms with van der Waals surface area (Å²) in [5.41, 5.74) is 0.844. The number of rotatable bonds is 4. The van der Waals surface area contributed by atoms with Crippen LogP contribution < -0.4 is 4.72 Å². The number of sulfonamides is 1. The van der Waals surface area contributed by atoms with E-state index in [-0.39, 0.29) is 17.4 Å². The van der Waals surface area contributed by atoms with Gasteiger partial charge >= 0.3 is 0 Å². The molecule has 0 spiro atoms. The van der Waals surface area contributed by atoms with Gasteiger partial charge in [-0.25, -0.2) is 17.9 Å². The Morgan fingerprint density at radius 3 is 2.64 bits per heavy atom. The van der Waals surface area contributed by atoms with Gasteiger partial charge in [0.05, 0.1) is 24.5 Å². The second kappa shape index (κ2) is 6.04. The summed E-state index contributed by atoms with van der Waals surface area (Å²) in [6.07, 6.45) is 2.18. The second-order valence-electron chi connectivity index (χ2n) is 6.03. The zero-order valence-electron chi connectivity index (χ0n) is 13.7. The molecule has 3 heterocycles. The minimum absolute atomic E-state index is 0.178. The normalized spacial score (nSPS) is 18.8. The third-order valence-corrected chi connectivity index (χ3v) is 5.73. The smallest absolute Gasteiger partial charge is 0.248 e. The first-order chi connectivity index (χ1) is 11.6. The summed E-state index contributed by atoms with van der Waals surface area (Å²) >= 11 is 6.03. The van der Waals surface area contributed by atoms with E-state index < -0.39 is 27.9 Å². The highest BCUT2D eigenvalue weighted by Crippen LogP contribution is 2.22. The van der Waals surface area contributed by atoms with Crippen LogP contribution in [0.4, 0.5) is 0 Å². The Labute approximate surface area is 149 Å². The van der Waals surface area contributed by atoms with E-state index in [0.717, 1.165) is 11.1 Å². The van der Waals surface area contributed by atoms with Gasteiger partial charge in [-0.15, -0.1) is 0 Å². The van der Waals surface area contributed by atoms with Gasteiger partial charge in [-0.3, -0.25) is 14.5 Å². The Balaban J connectivity index is 1.90. The van der Waals surface area contributed by atoms with Gasteiger partial charge in [0.1, 0.15) is 16.0 Å². The van der Waals surface area contributed by atoms with Crippen molar-refractivity contribution in [1.29, 1.82) is 0 Å². The number of carbonyl (C=O) groups is 2. The molecule has 9 nitrogen and oxygen atoms in total. The number of carbonyl (C=O) groups excluding carboxylic acids is 2. The molecule has 1 atom stereocenters. The Bertz CT molecular complexity index is 985. The van der Waals surface area contributed by atoms with E-state index in [1.807, 2.05) is 0 Å². The highest BCUT2D eigenvalue weighted by atomic mass is 35.5. The molecule has 1 aliphatic heterocycles. The van der Waals surface area contributed by atoms with Crippen LogP contribution in [0, 0.1) is 6.92 Å². The van der Waals surface area contributed by atoms with Crippen molar-refractivity contribution >= 4 is 39.1 Å². The first kappa shape index (κ1) is 17.8. The Morgan fingerprint density at radius 1 is 1.36 bits per heavy atom. The SMILES string of the molecule is Cc1nn2cc(S(=O)(=O)NC3CC(=O)N(C(C)C)C3=O)cnc2c1Cl. The first-order valence-corrected chi connectivity index (χ1v) is 9.36. The maximum Gasteiger partial charge on any atom is 0.248 e. The molecule has 0 radical (unpaired) electrons. The van der Waals surface area contributed by atoms with Gasteiger partial charge in [-0.05, 0) is 20.8 Å². The zero-order valence-corrected chi connectivity index (χ0v) is 15.3. The molecule has 1 N–H and O–H groups in total. The monoisotopic (exact) mass is 385 g/mol. The average Bonchev–Trinajstić information content (AvgIpc) is 2.95. The van der Waals surface area contributed by atoms with Gasteiger partial charge in [-0.2, -0.15) is 9.82 Å². The van der Waals surface area contributed by atoms with Crippen molar-refractivity contribution in [2.75, 3.05) is 0 Å². The van der Waals surface area contributed by atoms with E-state index in [4.69, 9.17) is 11.6 Å². The summed E-state index contributed by atoms with van der Waals surface area (Å²) in [5, 5.41) is 4.42. The molecule has 0 aliphatic carbocycles. The molecule has 2 aromatic heterocycles. The number of hydrogen-bond acceptors (Lipinski definition) is 6. The molecule has 2 aromatic rings. The predicted molar refractivity (Wildman–Crippen MR) is 88.4 cm³/mol. The van der Waals surface area contributed by atoms with Crippen LogP contribution in [-0.2, 0) is 19.6 Å². The Morgan fingerprint density at radius 2 is 2.04 bits per heavy atom. The van der Waals surface area contributed by atoms with E-state index in [1.54, 1.807) is 20.8 Å². The van der Waals surface area contributed by atoms with Gasteiger partial charge in [-0.1, -0.05) is 11.6 Å². The molecular formula is C14H16ClN5O4S. The fraction of sp³-hybridized carbons (Fsp3) is 0.429. The largest absolute Gasteiger partial charge is 0.279 e. The zero-order chi connectivity index (χ0) is 18.5. The van der Waals surface area contributed by atoms with E-state index >= 15 is 0 Å². The number of aryl methyl sites for hydroxylation is 1. The lowest BCUT2D eigenvalue weighted by atomic mass is 10.3. The third kappa shape index (κ3) is 3.00. The number of fused-ring (bicyclic) bond motifs is 1. The number of amides is 2. The van der Waals surface area contributed by atoms with Crippen LogP contribution in [0.5, 0.6) is 0 Å². The first-order valence-electron chi connectivity index (χ1n) is 7.50. The topological polar surface area (TPSA) is 114 Å². The minimum atomic E-state index is -4.06. The molecule has 0 bridgehead atoms. The number of likely N-dealkylation sites (tertiary alicyclic amines) is 1. The molecule has 1 unspecified atom stereocenters. The molecule has 134 valence electrons. The van der Waals surface area contributed by atoms with Crippen molar-refractivity contribution < 1.29 is 18.0 Å². The molecule has 0 aromatic carbocycles. The molecule has 0 saturated carbocycles. The average molecular weight is 386 g/mol. The van der Waals surface area contributed by atoms with Crippen molar-refractivity contribution in [3.05, 3.63) is 23.1 Å². The summed E-state index contributed by atoms with van der Waals surface area (Å²) < 4.78 is 28.6. The molecule has 1 fully saturated rings. The summed E-state index contributed by atoms with van der Waals surface area (Å²) in [4.78, 5) is 29.0. The lowest BCUT2D eigenvalue weighted by molar-refractivity contribution is -0.140. The van der Waals surface area contributed by atoms with Crippen LogP contribution in [0.15, 0.2) is 17.3 Å². The summed E-state index contributed by atoms with van der Waals surface area (Å²) in [7, 11) is -4.06. The number of imide groups is 1. The predicted octanol–water partition coefficient (Wildman–Crippen LogP) is 0.505. The van der Waals surface area contributed by atoms with Crippen LogP contribution in [0.25, 0.3) is 5.65 Å². The van der Waals surface area contributed by atoms with Gasteiger partial charge < -0.3 is 0 Å². The van der Waals surface area contributed by atoms with Crippen molar-refractivity contribution in [1.82, 2.24) is 24.2 Å². The van der Waals surface area contributed by atoms with Gasteiger partial charge in [0.2, 0.25) is 21.8 Å². The van der Waals surface area contributed by atoms with Crippen LogP contribution >= 0.6 is 11.6 Å². The Hall–Kier alpha value is -2.04. The van der Waals surface area contributed by atoms with Crippen molar-refractivity contribution in [2.45, 2.75) is 44.2 Å². The highest BCUT2D eigenvalue weighted by molar-refractivity contribution is 7.89. The van der Waals surface area contributed by atoms with Crippen LogP contribution in [-0.4, -0.2) is 51.8 Å². The van der Waals surface area contributed by atoms with E-state index in [9.17, 15) is 18.0 Å². The molecule has 1 aliphatic rings. The lowest BCUT2D eigenvalue weighted by Gasteiger charge is -2.19. The quantitative estimate of drug-likeness (QED) is 0.767. The van der Waals surface area contributed by atoms with Crippen molar-refractivity contribution in [3.8, 4) is 0 Å². The summed E-state index contributed by atoms with van der Waals surface area (Å²) in [5.74, 6) is -0.966. The number of nitrogens with one attached hydrogen (secondary N) is 1. The fourth-order valence-corrected chi connectivity index (χ4v) is 3.98. The molecular weight excluding hydrogens is 370 g/mol. The van der Waals surface area contributed by atoms with E-state index in [1.165, 1.54) is 10.7 Å². The van der Waals surface area contributed by atoms with Gasteiger partial charge in [0.25, 0.3) is 0 Å². The van der Waals surface area contributed by atoms with Crippen LogP contribution in [0.2, 0.25) is 5.02 Å². The van der Waals surface area contributed by atoms with Gasteiger partial charge in [0, 0.05) is 6.04 Å². The van der Waals surface area contributed by atoms with Crippen molar-refractivity contribution in [3.63, 3.8) is 0 Å². The third-order valence-electron chi connectivity index (χ3n) is 3.86. The van der Waals surface area contributed by atoms with Crippen LogP contribution in [0.3, 0.4) is 0 Å². The summed E-state index contributed by atoms with van der Waals surface area (Å²) in [6, 6.07) is -1.46. The number of halogens is 1. The summed E-state index contributed by atoms with van der Waals surface area (Å²) in [6.45, 7) is 5.05. The molecule has 3 rings (SSSR count). The minimum Gasteiger partial charge on any atom is -0.279 e. The standard InChI is InChI=1S/C14H16ClN5O4S/c1-7(2)20-11(21)4-10(14(20)22)18-25(23,24)9-5-16-13-12(15)8(3)17-19(13)6-9/h5-7,10,18H,4H2,1-3H3. The number of aromatic nitrogens is 3. The van der Waals surface area contributed by atoms with E-state index in [0.29, 0.717) is 16.4 Å². The number of nitrogens with zero attached hydrogens (tertiary/aromatic N) is 4. The molecule has 11 heteroatoms. The maximum atomic E-state index is 12.5. The molecule has 25 heavy (non-hydrogen) atoms. The molecule has 2 amide bonds. The van der Waals surface area contributed by atoms with Crippen molar-refractivity contribution in [2.24, 2.45) is 0 Å². The van der Waals surface area contributed by atoms with E-state index in [2.05, 4.69) is 14.8 Å². The van der Waals surface area contributed by atoms with Gasteiger partial charge in [0.15, 0.2) is 5.65 Å². The highest BCUT2D eigenvalue weighted by Gasteiger charge is 2.42. The number of hydrogen-bond donors (Lipinski definition) is 1. The lowest BCUT2D eigenvalue weighted by Crippen LogP contribution is -2.43.